The van der Waals surface area contributed by atoms with E-state index in [1.807, 2.05) is 13.8 Å². The molecule has 0 aromatic rings. The fraction of sp³-hybridized carbons (Fsp3) is 1.00. The normalized spacial score (nSPS) is 45.0. The predicted octanol–water partition coefficient (Wildman–Crippen LogP) is 1.14. The van der Waals surface area contributed by atoms with Gasteiger partial charge in [-0.1, -0.05) is 6.92 Å². The van der Waals surface area contributed by atoms with Crippen molar-refractivity contribution in [2.45, 2.75) is 39.1 Å². The highest BCUT2D eigenvalue weighted by atomic mass is 16.6. The molecule has 1 N–H and O–H groups in total. The van der Waals surface area contributed by atoms with Gasteiger partial charge in [-0.05, 0) is 19.8 Å². The third kappa shape index (κ3) is 1.66. The van der Waals surface area contributed by atoms with Gasteiger partial charge >= 0.3 is 0 Å². The summed E-state index contributed by atoms with van der Waals surface area (Å²) in [6.45, 7) is 4.01. The van der Waals surface area contributed by atoms with Gasteiger partial charge in [-0.25, -0.2) is 0 Å². The fourth-order valence-corrected chi connectivity index (χ4v) is 1.08. The number of ether oxygens (including phenoxy) is 1. The van der Waals surface area contributed by atoms with Crippen LogP contribution in [0.5, 0.6) is 0 Å². The standard InChI is InChI=1S/C7H14O2/c1-5-3-4-6(2)9-7(5)8/h5-8H,3-4H2,1-2H3/t5?,6-,7?/m1/s1. The van der Waals surface area contributed by atoms with Gasteiger partial charge in [-0.3, -0.25) is 0 Å². The van der Waals surface area contributed by atoms with Crippen molar-refractivity contribution in [1.82, 2.24) is 0 Å². The first kappa shape index (κ1) is 7.03. The number of rotatable bonds is 0. The van der Waals surface area contributed by atoms with Crippen molar-refractivity contribution in [3.63, 3.8) is 0 Å². The Bertz CT molecular complexity index is 92.9. The van der Waals surface area contributed by atoms with Gasteiger partial charge in [0.05, 0.1) is 6.10 Å². The first-order chi connectivity index (χ1) is 4.20. The molecule has 0 saturated carbocycles. The smallest absolute Gasteiger partial charge is 0.157 e. The fourth-order valence-electron chi connectivity index (χ4n) is 1.08. The molecule has 0 amide bonds. The lowest BCUT2D eigenvalue weighted by atomic mass is 10.00. The Morgan fingerprint density at radius 2 is 2.00 bits per heavy atom. The van der Waals surface area contributed by atoms with Crippen LogP contribution in [0.1, 0.15) is 26.7 Å². The molecule has 3 atom stereocenters. The van der Waals surface area contributed by atoms with Crippen molar-refractivity contribution < 1.29 is 9.84 Å². The van der Waals surface area contributed by atoms with E-state index < -0.39 is 6.29 Å². The highest BCUT2D eigenvalue weighted by molar-refractivity contribution is 4.66. The van der Waals surface area contributed by atoms with E-state index in [0.29, 0.717) is 5.92 Å². The molecule has 1 fully saturated rings. The molecule has 1 heterocycles. The van der Waals surface area contributed by atoms with E-state index in [1.54, 1.807) is 0 Å². The summed E-state index contributed by atoms with van der Waals surface area (Å²) < 4.78 is 5.15. The summed E-state index contributed by atoms with van der Waals surface area (Å²) in [6, 6.07) is 0. The molecule has 0 radical (unpaired) electrons. The van der Waals surface area contributed by atoms with E-state index in [0.717, 1.165) is 12.8 Å². The van der Waals surface area contributed by atoms with Gasteiger partial charge in [0.1, 0.15) is 0 Å². The highest BCUT2D eigenvalue weighted by Crippen LogP contribution is 2.22. The highest BCUT2D eigenvalue weighted by Gasteiger charge is 2.23. The molecule has 1 saturated heterocycles. The van der Waals surface area contributed by atoms with Gasteiger partial charge in [-0.15, -0.1) is 0 Å². The molecule has 1 rings (SSSR count). The Morgan fingerprint density at radius 3 is 2.44 bits per heavy atom. The van der Waals surface area contributed by atoms with Crippen molar-refractivity contribution in [2.75, 3.05) is 0 Å². The Morgan fingerprint density at radius 1 is 1.33 bits per heavy atom. The summed E-state index contributed by atoms with van der Waals surface area (Å²) >= 11 is 0. The van der Waals surface area contributed by atoms with Gasteiger partial charge in [0, 0.05) is 5.92 Å². The van der Waals surface area contributed by atoms with Crippen molar-refractivity contribution in [3.05, 3.63) is 0 Å². The predicted molar refractivity (Wildman–Crippen MR) is 35.0 cm³/mol. The molecule has 54 valence electrons. The van der Waals surface area contributed by atoms with Crippen molar-refractivity contribution in [3.8, 4) is 0 Å². The van der Waals surface area contributed by atoms with Crippen LogP contribution >= 0.6 is 0 Å². The first-order valence-electron chi connectivity index (χ1n) is 3.53. The molecule has 2 unspecified atom stereocenters. The minimum Gasteiger partial charge on any atom is -0.368 e. The third-order valence-corrected chi connectivity index (χ3v) is 1.89. The lowest BCUT2D eigenvalue weighted by Crippen LogP contribution is -2.31. The van der Waals surface area contributed by atoms with Gasteiger partial charge in [0.15, 0.2) is 6.29 Å². The van der Waals surface area contributed by atoms with Crippen LogP contribution in [0.2, 0.25) is 0 Å². The third-order valence-electron chi connectivity index (χ3n) is 1.89. The molecular formula is C7H14O2. The summed E-state index contributed by atoms with van der Waals surface area (Å²) in [5.74, 6) is 0.321. The van der Waals surface area contributed by atoms with Crippen LogP contribution in [0.25, 0.3) is 0 Å². The zero-order valence-electron chi connectivity index (χ0n) is 6.00. The molecule has 0 aromatic carbocycles. The zero-order valence-corrected chi connectivity index (χ0v) is 6.00. The summed E-state index contributed by atoms with van der Waals surface area (Å²) in [5, 5.41) is 9.13. The molecule has 1 aliphatic rings. The molecule has 2 nitrogen and oxygen atoms in total. The Hall–Kier alpha value is -0.0800. The lowest BCUT2D eigenvalue weighted by molar-refractivity contribution is -0.184. The van der Waals surface area contributed by atoms with E-state index in [2.05, 4.69) is 0 Å². The number of hydrogen-bond acceptors (Lipinski definition) is 2. The maximum atomic E-state index is 9.13. The van der Waals surface area contributed by atoms with Gasteiger partial charge < -0.3 is 9.84 Å². The quantitative estimate of drug-likeness (QED) is 0.533. The van der Waals surface area contributed by atoms with E-state index in [1.165, 1.54) is 0 Å². The molecule has 0 aliphatic carbocycles. The van der Waals surface area contributed by atoms with Crippen molar-refractivity contribution >= 4 is 0 Å². The van der Waals surface area contributed by atoms with E-state index in [-0.39, 0.29) is 6.10 Å². The lowest BCUT2D eigenvalue weighted by Gasteiger charge is -2.29. The van der Waals surface area contributed by atoms with Crippen LogP contribution in [-0.2, 0) is 4.74 Å². The SMILES string of the molecule is CC1CC[C@@H](C)OC1O. The molecule has 0 aromatic heterocycles. The number of aliphatic hydroxyl groups is 1. The van der Waals surface area contributed by atoms with Gasteiger partial charge in [0.25, 0.3) is 0 Å². The van der Waals surface area contributed by atoms with Crippen LogP contribution in [0.4, 0.5) is 0 Å². The van der Waals surface area contributed by atoms with E-state index in [4.69, 9.17) is 9.84 Å². The van der Waals surface area contributed by atoms with Crippen LogP contribution in [0.3, 0.4) is 0 Å². The van der Waals surface area contributed by atoms with E-state index >= 15 is 0 Å². The van der Waals surface area contributed by atoms with Crippen LogP contribution in [0.15, 0.2) is 0 Å². The molecule has 0 bridgehead atoms. The maximum Gasteiger partial charge on any atom is 0.157 e. The molecule has 2 heteroatoms. The summed E-state index contributed by atoms with van der Waals surface area (Å²) in [4.78, 5) is 0. The minimum atomic E-state index is -0.520. The van der Waals surface area contributed by atoms with Crippen LogP contribution in [0, 0.1) is 5.92 Å². The Labute approximate surface area is 55.8 Å². The Balaban J connectivity index is 2.35. The summed E-state index contributed by atoms with van der Waals surface area (Å²) in [5.41, 5.74) is 0. The number of hydrogen-bond donors (Lipinski definition) is 1. The Kier molecular flexibility index (Phi) is 2.09. The van der Waals surface area contributed by atoms with Gasteiger partial charge in [-0.2, -0.15) is 0 Å². The number of aliphatic hydroxyl groups excluding tert-OH is 1. The average molecular weight is 130 g/mol. The second-order valence-electron chi connectivity index (χ2n) is 2.89. The first-order valence-corrected chi connectivity index (χ1v) is 3.53. The summed E-state index contributed by atoms with van der Waals surface area (Å²) in [6.07, 6.45) is 1.89. The molecule has 1 aliphatic heterocycles. The van der Waals surface area contributed by atoms with Crippen LogP contribution in [-0.4, -0.2) is 17.5 Å². The molecule has 9 heavy (non-hydrogen) atoms. The average Bonchev–Trinajstić information content (AvgIpc) is 1.80. The minimum absolute atomic E-state index is 0.246. The molecular weight excluding hydrogens is 116 g/mol. The van der Waals surface area contributed by atoms with E-state index in [9.17, 15) is 0 Å². The monoisotopic (exact) mass is 130 g/mol. The molecule has 0 spiro atoms. The topological polar surface area (TPSA) is 29.5 Å². The maximum absolute atomic E-state index is 9.13. The van der Waals surface area contributed by atoms with Gasteiger partial charge in [0.2, 0.25) is 0 Å². The second kappa shape index (κ2) is 2.67. The second-order valence-corrected chi connectivity index (χ2v) is 2.89. The zero-order chi connectivity index (χ0) is 6.85. The summed E-state index contributed by atoms with van der Waals surface area (Å²) in [7, 11) is 0. The van der Waals surface area contributed by atoms with Crippen LogP contribution < -0.4 is 0 Å². The van der Waals surface area contributed by atoms with Crippen molar-refractivity contribution in [1.29, 1.82) is 0 Å². The largest absolute Gasteiger partial charge is 0.368 e. The van der Waals surface area contributed by atoms with Crippen molar-refractivity contribution in [2.24, 2.45) is 5.92 Å².